The van der Waals surface area contributed by atoms with E-state index < -0.39 is 6.10 Å². The maximum atomic E-state index is 12.1. The van der Waals surface area contributed by atoms with Gasteiger partial charge in [0.1, 0.15) is 0 Å². The van der Waals surface area contributed by atoms with Crippen LogP contribution in [-0.2, 0) is 6.42 Å². The minimum atomic E-state index is -0.413. The van der Waals surface area contributed by atoms with Crippen molar-refractivity contribution in [2.75, 3.05) is 10.6 Å². The Morgan fingerprint density at radius 1 is 1.12 bits per heavy atom. The molecule has 1 aliphatic carbocycles. The molecule has 0 bridgehead atoms. The third kappa shape index (κ3) is 3.45. The highest BCUT2D eigenvalue weighted by atomic mass is 16.3. The molecule has 2 aromatic carbocycles. The van der Waals surface area contributed by atoms with Crippen molar-refractivity contribution in [2.24, 2.45) is 0 Å². The quantitative estimate of drug-likeness (QED) is 0.672. The minimum absolute atomic E-state index is 0.323. The van der Waals surface area contributed by atoms with E-state index in [-0.39, 0.29) is 6.03 Å². The van der Waals surface area contributed by atoms with E-state index in [1.54, 1.807) is 17.1 Å². The molecule has 0 saturated carbocycles. The second-order valence-corrected chi connectivity index (χ2v) is 6.41. The smallest absolute Gasteiger partial charge is 0.323 e. The predicted octanol–water partition coefficient (Wildman–Crippen LogP) is 3.89. The van der Waals surface area contributed by atoms with Gasteiger partial charge in [-0.2, -0.15) is 5.10 Å². The van der Waals surface area contributed by atoms with Gasteiger partial charge < -0.3 is 15.7 Å². The van der Waals surface area contributed by atoms with Crippen LogP contribution in [0, 0.1) is 0 Å². The van der Waals surface area contributed by atoms with Gasteiger partial charge in [0.25, 0.3) is 0 Å². The lowest BCUT2D eigenvalue weighted by Crippen LogP contribution is -2.18. The number of urea groups is 1. The van der Waals surface area contributed by atoms with Gasteiger partial charge in [-0.05, 0) is 54.7 Å². The summed E-state index contributed by atoms with van der Waals surface area (Å²) in [4.78, 5) is 12.1. The van der Waals surface area contributed by atoms with Gasteiger partial charge in [-0.1, -0.05) is 24.3 Å². The van der Waals surface area contributed by atoms with Crippen molar-refractivity contribution >= 4 is 17.4 Å². The van der Waals surface area contributed by atoms with E-state index in [0.29, 0.717) is 5.69 Å². The average molecular weight is 348 g/mol. The van der Waals surface area contributed by atoms with Crippen LogP contribution in [0.3, 0.4) is 0 Å². The number of anilines is 2. The van der Waals surface area contributed by atoms with E-state index in [0.717, 1.165) is 36.2 Å². The molecule has 26 heavy (non-hydrogen) atoms. The average Bonchev–Trinajstić information content (AvgIpc) is 3.11. The number of para-hydroxylation sites is 1. The van der Waals surface area contributed by atoms with Gasteiger partial charge in [0.05, 0.1) is 29.9 Å². The Morgan fingerprint density at radius 3 is 2.77 bits per heavy atom. The zero-order chi connectivity index (χ0) is 17.9. The van der Waals surface area contributed by atoms with Crippen LogP contribution in [0.2, 0.25) is 0 Å². The number of aliphatic hydroxyl groups is 1. The maximum absolute atomic E-state index is 12.1. The minimum Gasteiger partial charge on any atom is -0.388 e. The molecule has 1 unspecified atom stereocenters. The van der Waals surface area contributed by atoms with Crippen LogP contribution in [0.25, 0.3) is 5.69 Å². The first-order valence-corrected chi connectivity index (χ1v) is 8.68. The monoisotopic (exact) mass is 348 g/mol. The van der Waals surface area contributed by atoms with Gasteiger partial charge in [0.2, 0.25) is 0 Å². The fourth-order valence-electron chi connectivity index (χ4n) is 3.25. The molecule has 132 valence electrons. The molecule has 1 aromatic heterocycles. The van der Waals surface area contributed by atoms with Crippen LogP contribution in [0.5, 0.6) is 0 Å². The number of hydrogen-bond donors (Lipinski definition) is 3. The fourth-order valence-corrected chi connectivity index (χ4v) is 3.25. The Bertz CT molecular complexity index is 921. The van der Waals surface area contributed by atoms with Crippen molar-refractivity contribution in [3.63, 3.8) is 0 Å². The van der Waals surface area contributed by atoms with Crippen molar-refractivity contribution in [2.45, 2.75) is 25.4 Å². The third-order valence-corrected chi connectivity index (χ3v) is 4.55. The molecule has 3 N–H and O–H groups in total. The van der Waals surface area contributed by atoms with Crippen LogP contribution in [0.4, 0.5) is 16.2 Å². The Labute approximate surface area is 151 Å². The molecule has 4 rings (SSSR count). The Balaban J connectivity index is 1.48. The van der Waals surface area contributed by atoms with Crippen molar-refractivity contribution in [3.8, 4) is 5.69 Å². The van der Waals surface area contributed by atoms with Crippen LogP contribution in [0.1, 0.15) is 30.1 Å². The van der Waals surface area contributed by atoms with Gasteiger partial charge in [-0.25, -0.2) is 9.48 Å². The van der Waals surface area contributed by atoms with E-state index in [1.807, 2.05) is 48.5 Å². The molecule has 0 fully saturated rings. The first-order chi connectivity index (χ1) is 12.7. The maximum Gasteiger partial charge on any atom is 0.323 e. The number of aliphatic hydroxyl groups excluding tert-OH is 1. The summed E-state index contributed by atoms with van der Waals surface area (Å²) < 4.78 is 1.69. The van der Waals surface area contributed by atoms with Gasteiger partial charge in [-0.15, -0.1) is 0 Å². The van der Waals surface area contributed by atoms with Gasteiger partial charge in [0.15, 0.2) is 0 Å². The van der Waals surface area contributed by atoms with Crippen molar-refractivity contribution in [3.05, 3.63) is 72.1 Å². The summed E-state index contributed by atoms with van der Waals surface area (Å²) in [5.74, 6) is 0. The molecular formula is C20H20N4O2. The van der Waals surface area contributed by atoms with Crippen LogP contribution in [-0.4, -0.2) is 20.9 Å². The SMILES string of the molecule is O=C(Nc1ccccc1)Nc1cnn(-c2ccc3c(c2)C(O)CCC3)c1. The zero-order valence-corrected chi connectivity index (χ0v) is 14.2. The molecular weight excluding hydrogens is 328 g/mol. The number of carbonyl (C=O) groups excluding carboxylic acids is 1. The molecule has 0 saturated heterocycles. The lowest BCUT2D eigenvalue weighted by molar-refractivity contribution is 0.156. The second-order valence-electron chi connectivity index (χ2n) is 6.41. The van der Waals surface area contributed by atoms with E-state index in [2.05, 4.69) is 15.7 Å². The van der Waals surface area contributed by atoms with Crippen LogP contribution >= 0.6 is 0 Å². The van der Waals surface area contributed by atoms with Gasteiger partial charge in [-0.3, -0.25) is 0 Å². The summed E-state index contributed by atoms with van der Waals surface area (Å²) in [6.45, 7) is 0. The molecule has 1 aliphatic rings. The molecule has 0 spiro atoms. The molecule has 1 heterocycles. The van der Waals surface area contributed by atoms with Crippen molar-refractivity contribution in [1.82, 2.24) is 9.78 Å². The number of rotatable bonds is 3. The summed E-state index contributed by atoms with van der Waals surface area (Å²) in [7, 11) is 0. The summed E-state index contributed by atoms with van der Waals surface area (Å²) >= 11 is 0. The van der Waals surface area contributed by atoms with E-state index in [1.165, 1.54) is 5.56 Å². The summed E-state index contributed by atoms with van der Waals surface area (Å²) in [5.41, 5.74) is 4.35. The number of carbonyl (C=O) groups is 1. The Hall–Kier alpha value is -3.12. The van der Waals surface area contributed by atoms with E-state index >= 15 is 0 Å². The fraction of sp³-hybridized carbons (Fsp3) is 0.200. The number of nitrogens with one attached hydrogen (secondary N) is 2. The standard InChI is InChI=1S/C20H20N4O2/c25-19-8-4-5-14-9-10-17(11-18(14)19)24-13-16(12-21-24)23-20(26)22-15-6-2-1-3-7-15/h1-3,6-7,9-13,19,25H,4-5,8H2,(H2,22,23,26). The third-order valence-electron chi connectivity index (χ3n) is 4.55. The highest BCUT2D eigenvalue weighted by Gasteiger charge is 2.18. The number of benzene rings is 2. The first-order valence-electron chi connectivity index (χ1n) is 8.68. The number of fused-ring (bicyclic) bond motifs is 1. The lowest BCUT2D eigenvalue weighted by Gasteiger charge is -2.21. The summed E-state index contributed by atoms with van der Waals surface area (Å²) in [5, 5.41) is 20.1. The second kappa shape index (κ2) is 7.01. The number of amides is 2. The summed E-state index contributed by atoms with van der Waals surface area (Å²) in [6, 6.07) is 14.9. The molecule has 3 aromatic rings. The van der Waals surface area contributed by atoms with Crippen molar-refractivity contribution < 1.29 is 9.90 Å². The highest BCUT2D eigenvalue weighted by Crippen LogP contribution is 2.31. The van der Waals surface area contributed by atoms with Gasteiger partial charge >= 0.3 is 6.03 Å². The first kappa shape index (κ1) is 16.4. The summed E-state index contributed by atoms with van der Waals surface area (Å²) in [6.07, 6.45) is 5.74. The lowest BCUT2D eigenvalue weighted by atomic mass is 9.89. The number of aryl methyl sites for hydroxylation is 1. The Morgan fingerprint density at radius 2 is 1.92 bits per heavy atom. The molecule has 2 amide bonds. The number of aromatic nitrogens is 2. The van der Waals surface area contributed by atoms with E-state index in [9.17, 15) is 9.90 Å². The molecule has 0 aliphatic heterocycles. The van der Waals surface area contributed by atoms with Crippen LogP contribution in [0.15, 0.2) is 60.9 Å². The van der Waals surface area contributed by atoms with Gasteiger partial charge in [0, 0.05) is 5.69 Å². The molecule has 6 nitrogen and oxygen atoms in total. The van der Waals surface area contributed by atoms with Crippen molar-refractivity contribution in [1.29, 1.82) is 0 Å². The zero-order valence-electron chi connectivity index (χ0n) is 14.2. The van der Waals surface area contributed by atoms with E-state index in [4.69, 9.17) is 0 Å². The number of hydrogen-bond acceptors (Lipinski definition) is 3. The highest BCUT2D eigenvalue weighted by molar-refractivity contribution is 5.99. The number of nitrogens with zero attached hydrogens (tertiary/aromatic N) is 2. The topological polar surface area (TPSA) is 79.2 Å². The molecule has 0 radical (unpaired) electrons. The Kier molecular flexibility index (Phi) is 4.41. The largest absolute Gasteiger partial charge is 0.388 e. The normalized spacial score (nSPS) is 16.0. The predicted molar refractivity (Wildman–Crippen MR) is 101 cm³/mol. The molecule has 1 atom stereocenters. The van der Waals surface area contributed by atoms with Crippen LogP contribution < -0.4 is 10.6 Å². The molecule has 6 heteroatoms.